The molecule has 3 heteroatoms. The predicted octanol–water partition coefficient (Wildman–Crippen LogP) is 2.12. The van der Waals surface area contributed by atoms with Crippen LogP contribution in [-0.4, -0.2) is 50.8 Å². The molecule has 3 nitrogen and oxygen atoms in total. The highest BCUT2D eigenvalue weighted by Crippen LogP contribution is 2.15. The second kappa shape index (κ2) is 9.86. The van der Waals surface area contributed by atoms with Gasteiger partial charge in [0.2, 0.25) is 0 Å². The van der Waals surface area contributed by atoms with Crippen molar-refractivity contribution in [3.63, 3.8) is 0 Å². The summed E-state index contributed by atoms with van der Waals surface area (Å²) in [7, 11) is 0. The summed E-state index contributed by atoms with van der Waals surface area (Å²) in [6.45, 7) is 12.2. The highest BCUT2D eigenvalue weighted by atomic mass is 16.5. The van der Waals surface area contributed by atoms with Gasteiger partial charge in [-0.05, 0) is 51.4 Å². The van der Waals surface area contributed by atoms with Gasteiger partial charge in [0, 0.05) is 13.2 Å². The number of piperidine rings is 1. The molecule has 1 aliphatic rings. The molecule has 0 radical (unpaired) electrons. The number of hydrogen-bond donors (Lipinski definition) is 1. The molecule has 17 heavy (non-hydrogen) atoms. The summed E-state index contributed by atoms with van der Waals surface area (Å²) in [6, 6.07) is 0. The molecule has 0 unspecified atom stereocenters. The Morgan fingerprint density at radius 1 is 1.18 bits per heavy atom. The van der Waals surface area contributed by atoms with Crippen LogP contribution in [0.4, 0.5) is 0 Å². The Morgan fingerprint density at radius 2 is 1.94 bits per heavy atom. The summed E-state index contributed by atoms with van der Waals surface area (Å²) in [5.74, 6) is 0.883. The van der Waals surface area contributed by atoms with Gasteiger partial charge >= 0.3 is 0 Å². The SMILES string of the molecule is CCCCOCCNCC1CCN(CC)CC1. The van der Waals surface area contributed by atoms with Gasteiger partial charge in [-0.3, -0.25) is 0 Å². The topological polar surface area (TPSA) is 24.5 Å². The van der Waals surface area contributed by atoms with Crippen LogP contribution in [0.5, 0.6) is 0 Å². The average molecular weight is 242 g/mol. The first-order chi connectivity index (χ1) is 8.36. The van der Waals surface area contributed by atoms with E-state index >= 15 is 0 Å². The molecule has 0 saturated carbocycles. The van der Waals surface area contributed by atoms with Gasteiger partial charge in [0.25, 0.3) is 0 Å². The number of likely N-dealkylation sites (tertiary alicyclic amines) is 1. The molecule has 102 valence electrons. The first-order valence-corrected chi connectivity index (χ1v) is 7.37. The van der Waals surface area contributed by atoms with Gasteiger partial charge in [-0.25, -0.2) is 0 Å². The Hall–Kier alpha value is -0.120. The molecule has 1 rings (SSSR count). The van der Waals surface area contributed by atoms with Crippen LogP contribution in [0.25, 0.3) is 0 Å². The Balaban J connectivity index is 1.87. The maximum atomic E-state index is 5.53. The lowest BCUT2D eigenvalue weighted by Crippen LogP contribution is -2.37. The van der Waals surface area contributed by atoms with E-state index in [0.717, 1.165) is 25.7 Å². The lowest BCUT2D eigenvalue weighted by atomic mass is 9.97. The van der Waals surface area contributed by atoms with Crippen LogP contribution in [0.2, 0.25) is 0 Å². The quantitative estimate of drug-likeness (QED) is 0.627. The first-order valence-electron chi connectivity index (χ1n) is 7.37. The Bertz CT molecular complexity index is 168. The molecule has 0 aromatic carbocycles. The van der Waals surface area contributed by atoms with Crippen molar-refractivity contribution in [3.8, 4) is 0 Å². The van der Waals surface area contributed by atoms with Gasteiger partial charge in [-0.1, -0.05) is 20.3 Å². The molecular formula is C14H30N2O. The Labute approximate surface area is 107 Å². The summed E-state index contributed by atoms with van der Waals surface area (Å²) < 4.78 is 5.53. The van der Waals surface area contributed by atoms with E-state index in [1.54, 1.807) is 0 Å². The van der Waals surface area contributed by atoms with Crippen LogP contribution in [0.15, 0.2) is 0 Å². The molecule has 1 saturated heterocycles. The molecule has 0 spiro atoms. The van der Waals surface area contributed by atoms with Crippen molar-refractivity contribution in [2.45, 2.75) is 39.5 Å². The van der Waals surface area contributed by atoms with Crippen molar-refractivity contribution in [1.82, 2.24) is 10.2 Å². The van der Waals surface area contributed by atoms with E-state index in [9.17, 15) is 0 Å². The summed E-state index contributed by atoms with van der Waals surface area (Å²) >= 11 is 0. The summed E-state index contributed by atoms with van der Waals surface area (Å²) in [4.78, 5) is 2.55. The second-order valence-corrected chi connectivity index (χ2v) is 5.05. The molecule has 0 aromatic rings. The number of rotatable bonds is 9. The van der Waals surface area contributed by atoms with Crippen LogP contribution in [0.1, 0.15) is 39.5 Å². The third kappa shape index (κ3) is 7.02. The van der Waals surface area contributed by atoms with Crippen LogP contribution in [0.3, 0.4) is 0 Å². The van der Waals surface area contributed by atoms with E-state index < -0.39 is 0 Å². The standard InChI is InChI=1S/C14H30N2O/c1-3-5-11-17-12-8-15-13-14-6-9-16(4-2)10-7-14/h14-15H,3-13H2,1-2H3. The molecule has 0 aliphatic carbocycles. The van der Waals surface area contributed by atoms with Crippen LogP contribution >= 0.6 is 0 Å². The number of nitrogens with one attached hydrogen (secondary N) is 1. The average Bonchev–Trinajstić information content (AvgIpc) is 2.38. The van der Waals surface area contributed by atoms with Crippen molar-refractivity contribution in [3.05, 3.63) is 0 Å². The van der Waals surface area contributed by atoms with Gasteiger partial charge in [0.15, 0.2) is 0 Å². The minimum atomic E-state index is 0.869. The lowest BCUT2D eigenvalue weighted by Gasteiger charge is -2.31. The van der Waals surface area contributed by atoms with E-state index in [1.807, 2.05) is 0 Å². The molecule has 1 fully saturated rings. The monoisotopic (exact) mass is 242 g/mol. The molecule has 1 N–H and O–H groups in total. The van der Waals surface area contributed by atoms with E-state index in [4.69, 9.17) is 4.74 Å². The minimum absolute atomic E-state index is 0.869. The zero-order valence-electron chi connectivity index (χ0n) is 11.7. The highest BCUT2D eigenvalue weighted by Gasteiger charge is 2.17. The first kappa shape index (κ1) is 14.9. The zero-order valence-corrected chi connectivity index (χ0v) is 11.7. The summed E-state index contributed by atoms with van der Waals surface area (Å²) in [5, 5.41) is 3.52. The third-order valence-corrected chi connectivity index (χ3v) is 3.65. The number of ether oxygens (including phenoxy) is 1. The lowest BCUT2D eigenvalue weighted by molar-refractivity contribution is 0.130. The normalized spacial score (nSPS) is 18.7. The summed E-state index contributed by atoms with van der Waals surface area (Å²) in [5.41, 5.74) is 0. The zero-order chi connectivity index (χ0) is 12.3. The number of unbranched alkanes of at least 4 members (excludes halogenated alkanes) is 1. The maximum Gasteiger partial charge on any atom is 0.0590 e. The molecule has 0 atom stereocenters. The Morgan fingerprint density at radius 3 is 2.59 bits per heavy atom. The molecule has 0 amide bonds. The van der Waals surface area contributed by atoms with Crippen LogP contribution in [0, 0.1) is 5.92 Å². The van der Waals surface area contributed by atoms with Crippen molar-refractivity contribution >= 4 is 0 Å². The second-order valence-electron chi connectivity index (χ2n) is 5.05. The molecule has 0 aromatic heterocycles. The van der Waals surface area contributed by atoms with Crippen molar-refractivity contribution < 1.29 is 4.74 Å². The van der Waals surface area contributed by atoms with E-state index in [2.05, 4.69) is 24.1 Å². The fourth-order valence-electron chi connectivity index (χ4n) is 2.31. The largest absolute Gasteiger partial charge is 0.380 e. The van der Waals surface area contributed by atoms with Gasteiger partial charge in [0.05, 0.1) is 6.61 Å². The van der Waals surface area contributed by atoms with Gasteiger partial charge in [-0.2, -0.15) is 0 Å². The van der Waals surface area contributed by atoms with E-state index in [-0.39, 0.29) is 0 Å². The fraction of sp³-hybridized carbons (Fsp3) is 1.00. The highest BCUT2D eigenvalue weighted by molar-refractivity contribution is 4.72. The van der Waals surface area contributed by atoms with Crippen molar-refractivity contribution in [2.24, 2.45) is 5.92 Å². The smallest absolute Gasteiger partial charge is 0.0590 e. The van der Waals surface area contributed by atoms with Gasteiger partial charge < -0.3 is 15.0 Å². The van der Waals surface area contributed by atoms with Crippen molar-refractivity contribution in [1.29, 1.82) is 0 Å². The van der Waals surface area contributed by atoms with Gasteiger partial charge in [-0.15, -0.1) is 0 Å². The maximum absolute atomic E-state index is 5.53. The summed E-state index contributed by atoms with van der Waals surface area (Å²) in [6.07, 6.45) is 5.13. The molecule has 0 bridgehead atoms. The van der Waals surface area contributed by atoms with E-state index in [1.165, 1.54) is 51.9 Å². The van der Waals surface area contributed by atoms with E-state index in [0.29, 0.717) is 0 Å². The fourth-order valence-corrected chi connectivity index (χ4v) is 2.31. The third-order valence-electron chi connectivity index (χ3n) is 3.65. The number of nitrogens with zero attached hydrogens (tertiary/aromatic N) is 1. The molecular weight excluding hydrogens is 212 g/mol. The Kier molecular flexibility index (Phi) is 8.67. The predicted molar refractivity (Wildman–Crippen MR) is 73.4 cm³/mol. The minimum Gasteiger partial charge on any atom is -0.380 e. The van der Waals surface area contributed by atoms with Crippen molar-refractivity contribution in [2.75, 3.05) is 45.9 Å². The van der Waals surface area contributed by atoms with Crippen LogP contribution < -0.4 is 5.32 Å². The number of hydrogen-bond acceptors (Lipinski definition) is 3. The van der Waals surface area contributed by atoms with Gasteiger partial charge in [0.1, 0.15) is 0 Å². The molecule has 1 heterocycles. The van der Waals surface area contributed by atoms with Crippen LogP contribution in [-0.2, 0) is 4.74 Å². The molecule has 1 aliphatic heterocycles.